The van der Waals surface area contributed by atoms with Crippen molar-refractivity contribution in [3.05, 3.63) is 18.0 Å². The number of anilines is 1. The normalized spacial score (nSPS) is 16.8. The highest BCUT2D eigenvalue weighted by molar-refractivity contribution is 5.30. The van der Waals surface area contributed by atoms with Gasteiger partial charge in [0.15, 0.2) is 0 Å². The summed E-state index contributed by atoms with van der Waals surface area (Å²) in [5.74, 6) is 0.872. The second kappa shape index (κ2) is 7.40. The SMILES string of the molecule is CCCN1CCN(c2ncc(CNCC)cn2)CC1. The molecule has 1 aromatic heterocycles. The molecule has 2 rings (SSSR count). The Hall–Kier alpha value is -1.20. The number of piperazine rings is 1. The van der Waals surface area contributed by atoms with E-state index in [1.165, 1.54) is 13.0 Å². The van der Waals surface area contributed by atoms with Gasteiger partial charge in [-0.25, -0.2) is 9.97 Å². The maximum Gasteiger partial charge on any atom is 0.225 e. The number of hydrogen-bond donors (Lipinski definition) is 1. The number of rotatable bonds is 6. The summed E-state index contributed by atoms with van der Waals surface area (Å²) in [4.78, 5) is 13.8. The third-order valence-corrected chi connectivity index (χ3v) is 3.47. The molecule has 19 heavy (non-hydrogen) atoms. The van der Waals surface area contributed by atoms with E-state index in [1.807, 2.05) is 12.4 Å². The highest BCUT2D eigenvalue weighted by atomic mass is 15.3. The second-order valence-corrected chi connectivity index (χ2v) is 5.00. The molecule has 0 unspecified atom stereocenters. The topological polar surface area (TPSA) is 44.3 Å². The lowest BCUT2D eigenvalue weighted by Crippen LogP contribution is -2.47. The number of nitrogens with one attached hydrogen (secondary N) is 1. The molecule has 1 aromatic rings. The molecule has 1 saturated heterocycles. The third kappa shape index (κ3) is 4.14. The van der Waals surface area contributed by atoms with Gasteiger partial charge in [0, 0.05) is 50.7 Å². The van der Waals surface area contributed by atoms with E-state index in [0.29, 0.717) is 0 Å². The molecule has 0 amide bonds. The quantitative estimate of drug-likeness (QED) is 0.833. The van der Waals surface area contributed by atoms with Crippen LogP contribution >= 0.6 is 0 Å². The van der Waals surface area contributed by atoms with E-state index in [0.717, 1.165) is 50.8 Å². The van der Waals surface area contributed by atoms with Crippen LogP contribution in [0.3, 0.4) is 0 Å². The van der Waals surface area contributed by atoms with Crippen LogP contribution in [0.25, 0.3) is 0 Å². The molecule has 1 fully saturated rings. The standard InChI is InChI=1S/C14H25N5/c1-3-5-18-6-8-19(9-7-18)14-16-11-13(12-17-14)10-15-4-2/h11-12,15H,3-10H2,1-2H3. The molecule has 2 heterocycles. The van der Waals surface area contributed by atoms with Gasteiger partial charge in [-0.1, -0.05) is 13.8 Å². The van der Waals surface area contributed by atoms with Crippen LogP contribution in [0.2, 0.25) is 0 Å². The Kier molecular flexibility index (Phi) is 5.54. The smallest absolute Gasteiger partial charge is 0.225 e. The Morgan fingerprint density at radius 3 is 2.37 bits per heavy atom. The monoisotopic (exact) mass is 263 g/mol. The summed E-state index contributed by atoms with van der Waals surface area (Å²) in [5, 5.41) is 3.28. The Morgan fingerprint density at radius 1 is 1.11 bits per heavy atom. The van der Waals surface area contributed by atoms with Crippen LogP contribution in [0.1, 0.15) is 25.8 Å². The van der Waals surface area contributed by atoms with Crippen LogP contribution in [0, 0.1) is 0 Å². The van der Waals surface area contributed by atoms with E-state index in [2.05, 4.69) is 38.9 Å². The van der Waals surface area contributed by atoms with E-state index < -0.39 is 0 Å². The zero-order valence-corrected chi connectivity index (χ0v) is 12.1. The molecule has 0 aromatic carbocycles. The maximum absolute atomic E-state index is 4.48. The van der Waals surface area contributed by atoms with E-state index in [-0.39, 0.29) is 0 Å². The average molecular weight is 263 g/mol. The van der Waals surface area contributed by atoms with Crippen molar-refractivity contribution in [2.75, 3.05) is 44.2 Å². The zero-order valence-electron chi connectivity index (χ0n) is 12.1. The summed E-state index contributed by atoms with van der Waals surface area (Å²) >= 11 is 0. The Balaban J connectivity index is 1.85. The van der Waals surface area contributed by atoms with Gasteiger partial charge in [0.1, 0.15) is 0 Å². The van der Waals surface area contributed by atoms with Gasteiger partial charge < -0.3 is 10.2 Å². The van der Waals surface area contributed by atoms with Crippen molar-refractivity contribution in [1.29, 1.82) is 0 Å². The predicted octanol–water partition coefficient (Wildman–Crippen LogP) is 1.12. The molecule has 0 radical (unpaired) electrons. The summed E-state index contributed by atoms with van der Waals surface area (Å²) in [6.07, 6.45) is 5.10. The van der Waals surface area contributed by atoms with E-state index >= 15 is 0 Å². The lowest BCUT2D eigenvalue weighted by atomic mass is 10.3. The molecule has 0 aliphatic carbocycles. The number of hydrogen-bond acceptors (Lipinski definition) is 5. The minimum absolute atomic E-state index is 0.848. The summed E-state index contributed by atoms with van der Waals surface area (Å²) in [5.41, 5.74) is 1.15. The number of nitrogens with zero attached hydrogens (tertiary/aromatic N) is 4. The van der Waals surface area contributed by atoms with Gasteiger partial charge in [0.25, 0.3) is 0 Å². The fraction of sp³-hybridized carbons (Fsp3) is 0.714. The first-order chi connectivity index (χ1) is 9.33. The summed E-state index contributed by atoms with van der Waals surface area (Å²) in [7, 11) is 0. The molecule has 5 heteroatoms. The molecular weight excluding hydrogens is 238 g/mol. The highest BCUT2D eigenvalue weighted by Crippen LogP contribution is 2.11. The van der Waals surface area contributed by atoms with Crippen molar-refractivity contribution < 1.29 is 0 Å². The molecule has 0 atom stereocenters. The van der Waals surface area contributed by atoms with E-state index in [1.54, 1.807) is 0 Å². The van der Waals surface area contributed by atoms with Crippen molar-refractivity contribution in [3.63, 3.8) is 0 Å². The van der Waals surface area contributed by atoms with Gasteiger partial charge in [-0.2, -0.15) is 0 Å². The van der Waals surface area contributed by atoms with Crippen molar-refractivity contribution in [2.24, 2.45) is 0 Å². The maximum atomic E-state index is 4.48. The molecule has 5 nitrogen and oxygen atoms in total. The first-order valence-corrected chi connectivity index (χ1v) is 7.32. The lowest BCUT2D eigenvalue weighted by Gasteiger charge is -2.34. The molecule has 0 saturated carbocycles. The van der Waals surface area contributed by atoms with Crippen LogP contribution in [0.5, 0.6) is 0 Å². The Morgan fingerprint density at radius 2 is 1.79 bits per heavy atom. The fourth-order valence-corrected chi connectivity index (χ4v) is 2.36. The van der Waals surface area contributed by atoms with Crippen molar-refractivity contribution >= 4 is 5.95 Å². The van der Waals surface area contributed by atoms with Crippen LogP contribution in [-0.4, -0.2) is 54.1 Å². The molecule has 1 aliphatic heterocycles. The van der Waals surface area contributed by atoms with Gasteiger partial charge in [-0.3, -0.25) is 4.90 Å². The van der Waals surface area contributed by atoms with Crippen LogP contribution in [0.4, 0.5) is 5.95 Å². The summed E-state index contributed by atoms with van der Waals surface area (Å²) in [6, 6.07) is 0. The van der Waals surface area contributed by atoms with Gasteiger partial charge in [0.2, 0.25) is 5.95 Å². The van der Waals surface area contributed by atoms with Crippen molar-refractivity contribution in [2.45, 2.75) is 26.8 Å². The highest BCUT2D eigenvalue weighted by Gasteiger charge is 2.17. The van der Waals surface area contributed by atoms with Crippen LogP contribution < -0.4 is 10.2 Å². The molecule has 1 N–H and O–H groups in total. The largest absolute Gasteiger partial charge is 0.338 e. The van der Waals surface area contributed by atoms with Gasteiger partial charge in [0.05, 0.1) is 0 Å². The minimum Gasteiger partial charge on any atom is -0.338 e. The third-order valence-electron chi connectivity index (χ3n) is 3.47. The Labute approximate surface area is 116 Å². The fourth-order valence-electron chi connectivity index (χ4n) is 2.36. The van der Waals surface area contributed by atoms with Crippen molar-refractivity contribution in [3.8, 4) is 0 Å². The average Bonchev–Trinajstić information content (AvgIpc) is 2.47. The molecule has 1 aliphatic rings. The van der Waals surface area contributed by atoms with E-state index in [4.69, 9.17) is 0 Å². The summed E-state index contributed by atoms with van der Waals surface area (Å²) < 4.78 is 0. The number of aromatic nitrogens is 2. The second-order valence-electron chi connectivity index (χ2n) is 5.00. The van der Waals surface area contributed by atoms with Crippen LogP contribution in [-0.2, 0) is 6.54 Å². The molecular formula is C14H25N5. The minimum atomic E-state index is 0.848. The van der Waals surface area contributed by atoms with Crippen molar-refractivity contribution in [1.82, 2.24) is 20.2 Å². The van der Waals surface area contributed by atoms with Gasteiger partial charge >= 0.3 is 0 Å². The van der Waals surface area contributed by atoms with Crippen LogP contribution in [0.15, 0.2) is 12.4 Å². The summed E-state index contributed by atoms with van der Waals surface area (Å²) in [6.45, 7) is 11.7. The van der Waals surface area contributed by atoms with E-state index in [9.17, 15) is 0 Å². The molecule has 106 valence electrons. The zero-order chi connectivity index (χ0) is 13.5. The lowest BCUT2D eigenvalue weighted by molar-refractivity contribution is 0.257. The Bertz CT molecular complexity index is 357. The first-order valence-electron chi connectivity index (χ1n) is 7.32. The molecule has 0 spiro atoms. The molecule has 0 bridgehead atoms. The van der Waals surface area contributed by atoms with Gasteiger partial charge in [-0.05, 0) is 19.5 Å². The predicted molar refractivity (Wildman–Crippen MR) is 78.4 cm³/mol. The van der Waals surface area contributed by atoms with Gasteiger partial charge in [-0.15, -0.1) is 0 Å². The first kappa shape index (κ1) is 14.2.